The van der Waals surface area contributed by atoms with E-state index in [0.717, 1.165) is 40.0 Å². The maximum atomic E-state index is 5.97. The Bertz CT molecular complexity index is 1010. The Morgan fingerprint density at radius 2 is 1.83 bits per heavy atom. The van der Waals surface area contributed by atoms with Crippen molar-refractivity contribution in [3.05, 3.63) is 43.8 Å². The Morgan fingerprint density at radius 1 is 1.10 bits per heavy atom. The van der Waals surface area contributed by atoms with Crippen molar-refractivity contribution in [3.63, 3.8) is 0 Å². The molecule has 0 saturated carbocycles. The van der Waals surface area contributed by atoms with E-state index in [2.05, 4.69) is 64.5 Å². The first kappa shape index (κ1) is 22.8. The molecule has 0 aliphatic rings. The molecule has 0 amide bonds. The molecule has 29 heavy (non-hydrogen) atoms. The van der Waals surface area contributed by atoms with Gasteiger partial charge in [0.25, 0.3) is 0 Å². The molecule has 4 aromatic rings. The summed E-state index contributed by atoms with van der Waals surface area (Å²) in [5, 5.41) is 0.865. The summed E-state index contributed by atoms with van der Waals surface area (Å²) >= 11 is 3.23. The lowest BCUT2D eigenvalue weighted by Crippen LogP contribution is -2.01. The fourth-order valence-corrected chi connectivity index (χ4v) is 4.58. The average molecular weight is 429 g/mol. The molecule has 0 radical (unpaired) electrons. The minimum Gasteiger partial charge on any atom is -0.382 e. The van der Waals surface area contributed by atoms with Gasteiger partial charge in [0.2, 0.25) is 0 Å². The van der Waals surface area contributed by atoms with E-state index < -0.39 is 0 Å². The molecular formula is C21H28N6S2. The summed E-state index contributed by atoms with van der Waals surface area (Å²) in [4.78, 5) is 17.8. The van der Waals surface area contributed by atoms with Crippen molar-refractivity contribution in [2.75, 3.05) is 5.73 Å². The van der Waals surface area contributed by atoms with Gasteiger partial charge in [0.15, 0.2) is 26.5 Å². The second-order valence-electron chi connectivity index (χ2n) is 6.09. The monoisotopic (exact) mass is 428 g/mol. The number of anilines is 1. The van der Waals surface area contributed by atoms with E-state index in [0.29, 0.717) is 11.3 Å². The van der Waals surface area contributed by atoms with E-state index in [4.69, 9.17) is 5.73 Å². The van der Waals surface area contributed by atoms with Crippen molar-refractivity contribution >= 4 is 50.3 Å². The lowest BCUT2D eigenvalue weighted by atomic mass is 10.3. The number of para-hydroxylation sites is 1. The molecule has 8 heteroatoms. The summed E-state index contributed by atoms with van der Waals surface area (Å²) in [5.41, 5.74) is 8.44. The van der Waals surface area contributed by atoms with E-state index in [1.165, 1.54) is 17.4 Å². The van der Waals surface area contributed by atoms with Gasteiger partial charge in [-0.1, -0.05) is 45.7 Å². The first-order chi connectivity index (χ1) is 14.2. The van der Waals surface area contributed by atoms with Crippen LogP contribution in [-0.2, 0) is 6.54 Å². The molecule has 4 rings (SSSR count). The lowest BCUT2D eigenvalue weighted by Gasteiger charge is -2.05. The zero-order valence-electron chi connectivity index (χ0n) is 17.3. The SMILES string of the molecule is C=C.CCC.CCCCn1c(Sc2nc3ccccc3s2)nc2c(N)ncnc21. The van der Waals surface area contributed by atoms with Crippen LogP contribution in [0, 0.1) is 0 Å². The van der Waals surface area contributed by atoms with Crippen LogP contribution >= 0.6 is 23.1 Å². The molecule has 1 aromatic carbocycles. The fraction of sp³-hybridized carbons (Fsp3) is 0.333. The third kappa shape index (κ3) is 5.55. The quantitative estimate of drug-likeness (QED) is 0.382. The van der Waals surface area contributed by atoms with Crippen LogP contribution in [0.2, 0.25) is 0 Å². The van der Waals surface area contributed by atoms with E-state index >= 15 is 0 Å². The van der Waals surface area contributed by atoms with Crippen LogP contribution < -0.4 is 5.73 Å². The number of aryl methyl sites for hydroxylation is 1. The Balaban J connectivity index is 0.000000551. The molecule has 0 spiro atoms. The van der Waals surface area contributed by atoms with E-state index in [-0.39, 0.29) is 0 Å². The largest absolute Gasteiger partial charge is 0.382 e. The van der Waals surface area contributed by atoms with Crippen molar-refractivity contribution in [2.24, 2.45) is 0 Å². The van der Waals surface area contributed by atoms with Crippen molar-refractivity contribution < 1.29 is 0 Å². The number of fused-ring (bicyclic) bond motifs is 2. The number of aromatic nitrogens is 5. The van der Waals surface area contributed by atoms with Gasteiger partial charge in [0.05, 0.1) is 10.2 Å². The molecule has 0 aliphatic carbocycles. The van der Waals surface area contributed by atoms with Crippen LogP contribution in [0.5, 0.6) is 0 Å². The smallest absolute Gasteiger partial charge is 0.177 e. The Kier molecular flexibility index (Phi) is 9.08. The third-order valence-electron chi connectivity index (χ3n) is 3.71. The number of benzene rings is 1. The lowest BCUT2D eigenvalue weighted by molar-refractivity contribution is 0.598. The Labute approximate surface area is 180 Å². The summed E-state index contributed by atoms with van der Waals surface area (Å²) < 4.78 is 4.26. The summed E-state index contributed by atoms with van der Waals surface area (Å²) in [6, 6.07) is 8.14. The molecule has 3 aromatic heterocycles. The van der Waals surface area contributed by atoms with Gasteiger partial charge in [-0.05, 0) is 30.3 Å². The first-order valence-corrected chi connectivity index (χ1v) is 11.3. The number of hydrogen-bond donors (Lipinski definition) is 1. The molecule has 2 N–H and O–H groups in total. The zero-order valence-corrected chi connectivity index (χ0v) is 18.9. The van der Waals surface area contributed by atoms with Crippen LogP contribution in [0.15, 0.2) is 53.2 Å². The zero-order chi connectivity index (χ0) is 21.2. The highest BCUT2D eigenvalue weighted by Gasteiger charge is 2.17. The topological polar surface area (TPSA) is 82.5 Å². The van der Waals surface area contributed by atoms with Crippen molar-refractivity contribution in [3.8, 4) is 0 Å². The van der Waals surface area contributed by atoms with Crippen LogP contribution in [0.4, 0.5) is 5.82 Å². The third-order valence-corrected chi connectivity index (χ3v) is 5.80. The minimum atomic E-state index is 0.418. The van der Waals surface area contributed by atoms with Gasteiger partial charge in [-0.3, -0.25) is 0 Å². The number of imidazole rings is 1. The standard InChI is InChI=1S/C16H16N6S2.C3H8.C2H4/c1-2-3-8-22-14-12(13(17)18-9-19-14)21-15(22)24-16-20-10-6-4-5-7-11(10)23-16;1-3-2;1-2/h4-7,9H,2-3,8H2,1H3,(H2,17,18,19);3H2,1-2H3;1-2H2. The molecule has 0 fully saturated rings. The van der Waals surface area contributed by atoms with Gasteiger partial charge in [0.1, 0.15) is 6.33 Å². The summed E-state index contributed by atoms with van der Waals surface area (Å²) in [6.07, 6.45) is 4.90. The van der Waals surface area contributed by atoms with Gasteiger partial charge in [0, 0.05) is 6.54 Å². The normalized spacial score (nSPS) is 10.3. The number of rotatable bonds is 5. The molecular weight excluding hydrogens is 400 g/mol. The molecule has 0 unspecified atom stereocenters. The Hall–Kier alpha value is -2.45. The number of unbranched alkanes of at least 4 members (excludes halogenated alkanes) is 1. The molecule has 0 bridgehead atoms. The van der Waals surface area contributed by atoms with Crippen molar-refractivity contribution in [2.45, 2.75) is 56.1 Å². The van der Waals surface area contributed by atoms with Crippen LogP contribution in [0.25, 0.3) is 21.4 Å². The summed E-state index contributed by atoms with van der Waals surface area (Å²) in [7, 11) is 0. The molecule has 3 heterocycles. The number of nitrogen functional groups attached to an aromatic ring is 1. The first-order valence-electron chi connectivity index (χ1n) is 9.68. The molecule has 0 atom stereocenters. The number of nitrogens with two attached hydrogens (primary N) is 1. The van der Waals surface area contributed by atoms with E-state index in [1.807, 2.05) is 18.2 Å². The highest BCUT2D eigenvalue weighted by Crippen LogP contribution is 2.35. The number of hydrogen-bond acceptors (Lipinski definition) is 7. The van der Waals surface area contributed by atoms with Gasteiger partial charge in [-0.2, -0.15) is 0 Å². The molecule has 154 valence electrons. The second kappa shape index (κ2) is 11.5. The van der Waals surface area contributed by atoms with Gasteiger partial charge < -0.3 is 10.3 Å². The second-order valence-corrected chi connectivity index (χ2v) is 8.33. The molecule has 6 nitrogen and oxygen atoms in total. The minimum absolute atomic E-state index is 0.418. The Morgan fingerprint density at radius 3 is 2.52 bits per heavy atom. The predicted molar refractivity (Wildman–Crippen MR) is 126 cm³/mol. The fourth-order valence-electron chi connectivity index (χ4n) is 2.50. The summed E-state index contributed by atoms with van der Waals surface area (Å²) in [6.45, 7) is 13.3. The summed E-state index contributed by atoms with van der Waals surface area (Å²) in [5.74, 6) is 0.418. The highest BCUT2D eigenvalue weighted by atomic mass is 32.2. The van der Waals surface area contributed by atoms with Gasteiger partial charge >= 0.3 is 0 Å². The van der Waals surface area contributed by atoms with Gasteiger partial charge in [-0.25, -0.2) is 19.9 Å². The van der Waals surface area contributed by atoms with Crippen LogP contribution in [0.3, 0.4) is 0 Å². The van der Waals surface area contributed by atoms with E-state index in [9.17, 15) is 0 Å². The average Bonchev–Trinajstić information content (AvgIpc) is 3.30. The van der Waals surface area contributed by atoms with Crippen molar-refractivity contribution in [1.29, 1.82) is 0 Å². The van der Waals surface area contributed by atoms with E-state index in [1.54, 1.807) is 23.1 Å². The maximum Gasteiger partial charge on any atom is 0.177 e. The highest BCUT2D eigenvalue weighted by molar-refractivity contribution is 8.01. The molecule has 0 saturated heterocycles. The van der Waals surface area contributed by atoms with Crippen LogP contribution in [0.1, 0.15) is 40.0 Å². The maximum absolute atomic E-state index is 5.97. The number of thiazole rings is 1. The van der Waals surface area contributed by atoms with Gasteiger partial charge in [-0.15, -0.1) is 24.5 Å². The van der Waals surface area contributed by atoms with Crippen molar-refractivity contribution in [1.82, 2.24) is 24.5 Å². The van der Waals surface area contributed by atoms with Crippen LogP contribution in [-0.4, -0.2) is 24.5 Å². The number of nitrogens with zero attached hydrogens (tertiary/aromatic N) is 5. The predicted octanol–water partition coefficient (Wildman–Crippen LogP) is 6.19. The molecule has 0 aliphatic heterocycles.